The number of primary amides is 1. The van der Waals surface area contributed by atoms with Crippen molar-refractivity contribution in [2.75, 3.05) is 5.73 Å². The molecule has 0 saturated carbocycles. The molecule has 0 aliphatic heterocycles. The van der Waals surface area contributed by atoms with Crippen molar-refractivity contribution in [3.8, 4) is 11.3 Å². The van der Waals surface area contributed by atoms with Gasteiger partial charge in [0.15, 0.2) is 11.5 Å². The molecule has 0 bridgehead atoms. The molecule has 9 heteroatoms. The van der Waals surface area contributed by atoms with Crippen LogP contribution in [0, 0.1) is 0 Å². The summed E-state index contributed by atoms with van der Waals surface area (Å²) in [6, 6.07) is 16.0. The Morgan fingerprint density at radius 1 is 1.03 bits per heavy atom. The number of ether oxygens (including phenoxy) is 1. The van der Waals surface area contributed by atoms with E-state index in [9.17, 15) is 14.4 Å². The number of hydrogen-bond donors (Lipinski definition) is 3. The predicted octanol–water partition coefficient (Wildman–Crippen LogP) is 1.89. The van der Waals surface area contributed by atoms with Crippen LogP contribution in [0.25, 0.3) is 11.3 Å². The summed E-state index contributed by atoms with van der Waals surface area (Å²) in [6.07, 6.45) is 0.121. The molecule has 0 spiro atoms. The van der Waals surface area contributed by atoms with Crippen LogP contribution < -0.4 is 16.8 Å². The minimum Gasteiger partial charge on any atom is -0.382 e. The van der Waals surface area contributed by atoms with E-state index in [2.05, 4.69) is 20.0 Å². The molecular weight excluding hydrogens is 374 g/mol. The fraction of sp³-hybridized carbons (Fsp3) is 0.0500. The van der Waals surface area contributed by atoms with E-state index in [1.165, 1.54) is 6.20 Å². The standard InChI is InChI=1S/C20H17N5O4/c21-17-16(19(27)29-20(22)28)25-15(11-23-17)14-8-4-5-12(9-14)10-24-18(26)13-6-2-1-3-7-13/h1-9,11H,10H2,(H2,21,23)(H2,22,28)(H,24,26). The second-order valence-corrected chi connectivity index (χ2v) is 5.95. The summed E-state index contributed by atoms with van der Waals surface area (Å²) < 4.78 is 4.31. The molecule has 3 aromatic rings. The van der Waals surface area contributed by atoms with Crippen LogP contribution in [0.5, 0.6) is 0 Å². The maximum Gasteiger partial charge on any atom is 0.412 e. The molecule has 29 heavy (non-hydrogen) atoms. The van der Waals surface area contributed by atoms with Crippen molar-refractivity contribution >= 4 is 23.8 Å². The van der Waals surface area contributed by atoms with Crippen LogP contribution in [-0.2, 0) is 11.3 Å². The lowest BCUT2D eigenvalue weighted by molar-refractivity contribution is 0.0632. The number of carbonyl (C=O) groups excluding carboxylic acids is 3. The number of esters is 1. The minimum atomic E-state index is -1.27. The molecule has 0 atom stereocenters. The van der Waals surface area contributed by atoms with Crippen LogP contribution in [-0.4, -0.2) is 27.9 Å². The number of carbonyl (C=O) groups is 3. The molecule has 1 heterocycles. The third kappa shape index (κ3) is 4.92. The number of nitrogens with one attached hydrogen (secondary N) is 1. The molecule has 2 amide bonds. The number of benzene rings is 2. The van der Waals surface area contributed by atoms with Crippen LogP contribution in [0.2, 0.25) is 0 Å². The SMILES string of the molecule is NC(=O)OC(=O)c1nc(-c2cccc(CNC(=O)c3ccccc3)c2)cnc1N. The molecule has 0 radical (unpaired) electrons. The zero-order chi connectivity index (χ0) is 20.8. The lowest BCUT2D eigenvalue weighted by Gasteiger charge is -2.09. The molecule has 9 nitrogen and oxygen atoms in total. The molecule has 0 saturated heterocycles. The van der Waals surface area contributed by atoms with Gasteiger partial charge in [-0.15, -0.1) is 0 Å². The van der Waals surface area contributed by atoms with Crippen LogP contribution in [0.1, 0.15) is 26.4 Å². The summed E-state index contributed by atoms with van der Waals surface area (Å²) in [4.78, 5) is 42.9. The number of nitrogens with zero attached hydrogens (tertiary/aromatic N) is 2. The van der Waals surface area contributed by atoms with Gasteiger partial charge in [0.05, 0.1) is 11.9 Å². The van der Waals surface area contributed by atoms with Crippen molar-refractivity contribution in [1.29, 1.82) is 0 Å². The molecule has 0 aliphatic rings. The first kappa shape index (κ1) is 19.5. The Kier molecular flexibility index (Phi) is 5.79. The van der Waals surface area contributed by atoms with Crippen molar-refractivity contribution in [2.24, 2.45) is 5.73 Å². The molecule has 146 valence electrons. The number of nitrogen functional groups attached to an aromatic ring is 1. The fourth-order valence-electron chi connectivity index (χ4n) is 2.54. The highest BCUT2D eigenvalue weighted by Gasteiger charge is 2.18. The van der Waals surface area contributed by atoms with Gasteiger partial charge in [0, 0.05) is 17.7 Å². The molecular formula is C20H17N5O4. The van der Waals surface area contributed by atoms with Gasteiger partial charge in [0.1, 0.15) is 0 Å². The Hall–Kier alpha value is -4.27. The number of amides is 2. The van der Waals surface area contributed by atoms with E-state index >= 15 is 0 Å². The predicted molar refractivity (Wildman–Crippen MR) is 104 cm³/mol. The zero-order valence-corrected chi connectivity index (χ0v) is 15.2. The molecule has 1 aromatic heterocycles. The van der Waals surface area contributed by atoms with Gasteiger partial charge in [-0.05, 0) is 23.8 Å². The first-order valence-corrected chi connectivity index (χ1v) is 8.50. The van der Waals surface area contributed by atoms with Gasteiger partial charge in [-0.2, -0.15) is 0 Å². The summed E-state index contributed by atoms with van der Waals surface area (Å²) in [6.45, 7) is 0.292. The van der Waals surface area contributed by atoms with Crippen molar-refractivity contribution in [3.63, 3.8) is 0 Å². The third-order valence-electron chi connectivity index (χ3n) is 3.90. The van der Waals surface area contributed by atoms with Crippen molar-refractivity contribution in [1.82, 2.24) is 15.3 Å². The number of rotatable bonds is 5. The number of nitrogens with two attached hydrogens (primary N) is 2. The largest absolute Gasteiger partial charge is 0.412 e. The van der Waals surface area contributed by atoms with Gasteiger partial charge in [0.25, 0.3) is 5.91 Å². The van der Waals surface area contributed by atoms with Crippen molar-refractivity contribution in [3.05, 3.63) is 77.6 Å². The van der Waals surface area contributed by atoms with Crippen molar-refractivity contribution in [2.45, 2.75) is 6.54 Å². The van der Waals surface area contributed by atoms with Gasteiger partial charge in [-0.1, -0.05) is 36.4 Å². The monoisotopic (exact) mass is 391 g/mol. The first-order valence-electron chi connectivity index (χ1n) is 8.50. The summed E-state index contributed by atoms with van der Waals surface area (Å²) in [5, 5.41) is 2.83. The minimum absolute atomic E-state index is 0.189. The second-order valence-electron chi connectivity index (χ2n) is 5.95. The topological polar surface area (TPSA) is 150 Å². The van der Waals surface area contributed by atoms with E-state index in [1.807, 2.05) is 12.1 Å². The van der Waals surface area contributed by atoms with E-state index in [0.29, 0.717) is 23.4 Å². The van der Waals surface area contributed by atoms with Gasteiger partial charge >= 0.3 is 12.1 Å². The molecule has 0 fully saturated rings. The number of hydrogen-bond acceptors (Lipinski definition) is 7. The highest BCUT2D eigenvalue weighted by Crippen LogP contribution is 2.20. The van der Waals surface area contributed by atoms with E-state index in [1.54, 1.807) is 42.5 Å². The average molecular weight is 391 g/mol. The Morgan fingerprint density at radius 2 is 1.79 bits per heavy atom. The average Bonchev–Trinajstić information content (AvgIpc) is 2.72. The Morgan fingerprint density at radius 3 is 2.52 bits per heavy atom. The maximum absolute atomic E-state index is 12.2. The third-order valence-corrected chi connectivity index (χ3v) is 3.90. The number of anilines is 1. The quantitative estimate of drug-likeness (QED) is 0.444. The Balaban J connectivity index is 1.78. The first-order chi connectivity index (χ1) is 13.9. The van der Waals surface area contributed by atoms with Gasteiger partial charge < -0.3 is 21.5 Å². The lowest BCUT2D eigenvalue weighted by Crippen LogP contribution is -2.22. The molecule has 0 unspecified atom stereocenters. The summed E-state index contributed by atoms with van der Waals surface area (Å²) >= 11 is 0. The Bertz CT molecular complexity index is 1070. The van der Waals surface area contributed by atoms with Crippen molar-refractivity contribution < 1.29 is 19.1 Å². The molecule has 5 N–H and O–H groups in total. The van der Waals surface area contributed by atoms with E-state index < -0.39 is 12.1 Å². The molecule has 2 aromatic carbocycles. The second kappa shape index (κ2) is 8.61. The zero-order valence-electron chi connectivity index (χ0n) is 15.2. The highest BCUT2D eigenvalue weighted by molar-refractivity contribution is 5.98. The van der Waals surface area contributed by atoms with Gasteiger partial charge in [-0.3, -0.25) is 4.79 Å². The van der Waals surface area contributed by atoms with Gasteiger partial charge in [0.2, 0.25) is 0 Å². The summed E-state index contributed by atoms with van der Waals surface area (Å²) in [5.41, 5.74) is 12.5. The normalized spacial score (nSPS) is 10.2. The van der Waals surface area contributed by atoms with Crippen LogP contribution >= 0.6 is 0 Å². The summed E-state index contributed by atoms with van der Waals surface area (Å²) in [5.74, 6) is -1.47. The maximum atomic E-state index is 12.2. The lowest BCUT2D eigenvalue weighted by atomic mass is 10.1. The van der Waals surface area contributed by atoms with Crippen LogP contribution in [0.15, 0.2) is 60.8 Å². The number of aromatic nitrogens is 2. The van der Waals surface area contributed by atoms with E-state index in [-0.39, 0.29) is 17.4 Å². The molecule has 3 rings (SSSR count). The van der Waals surface area contributed by atoms with Crippen LogP contribution in [0.4, 0.5) is 10.6 Å². The smallest absolute Gasteiger partial charge is 0.382 e. The van der Waals surface area contributed by atoms with E-state index in [0.717, 1.165) is 5.56 Å². The highest BCUT2D eigenvalue weighted by atomic mass is 16.6. The molecule has 0 aliphatic carbocycles. The fourth-order valence-corrected chi connectivity index (χ4v) is 2.54. The van der Waals surface area contributed by atoms with E-state index in [4.69, 9.17) is 11.5 Å². The van der Waals surface area contributed by atoms with Crippen LogP contribution in [0.3, 0.4) is 0 Å². The Labute approximate surface area is 165 Å². The summed E-state index contributed by atoms with van der Waals surface area (Å²) in [7, 11) is 0. The van der Waals surface area contributed by atoms with Gasteiger partial charge in [-0.25, -0.2) is 19.6 Å².